The third kappa shape index (κ3) is 2.99. The number of hydrogen-bond donors (Lipinski definition) is 0. The topological polar surface area (TPSA) is 26.3 Å². The van der Waals surface area contributed by atoms with E-state index in [4.69, 9.17) is 4.74 Å². The molecule has 0 bridgehead atoms. The van der Waals surface area contributed by atoms with Gasteiger partial charge >= 0.3 is 5.97 Å². The van der Waals surface area contributed by atoms with Crippen molar-refractivity contribution in [3.63, 3.8) is 0 Å². The minimum atomic E-state index is -1.64. The van der Waals surface area contributed by atoms with E-state index in [2.05, 4.69) is 0 Å². The van der Waals surface area contributed by atoms with Crippen molar-refractivity contribution in [1.29, 1.82) is 0 Å². The van der Waals surface area contributed by atoms with E-state index in [1.165, 1.54) is 0 Å². The average Bonchev–Trinajstić information content (AvgIpc) is 2.31. The SMILES string of the molecule is CCC(CC)C(=O)Oc1ccc(F)c(F)c1F. The molecule has 0 fully saturated rings. The Morgan fingerprint density at radius 2 is 1.76 bits per heavy atom. The van der Waals surface area contributed by atoms with Gasteiger partial charge in [-0.15, -0.1) is 0 Å². The molecule has 0 N–H and O–H groups in total. The van der Waals surface area contributed by atoms with Crippen molar-refractivity contribution in [2.75, 3.05) is 0 Å². The molecule has 1 aromatic carbocycles. The zero-order valence-corrected chi connectivity index (χ0v) is 9.60. The van der Waals surface area contributed by atoms with Crippen molar-refractivity contribution < 1.29 is 22.7 Å². The first-order valence-electron chi connectivity index (χ1n) is 5.36. The fourth-order valence-electron chi connectivity index (χ4n) is 1.40. The van der Waals surface area contributed by atoms with Crippen LogP contribution in [0.15, 0.2) is 12.1 Å². The lowest BCUT2D eigenvalue weighted by Crippen LogP contribution is -2.20. The van der Waals surface area contributed by atoms with Crippen LogP contribution in [0.4, 0.5) is 13.2 Å². The fraction of sp³-hybridized carbons (Fsp3) is 0.417. The molecule has 0 spiro atoms. The minimum absolute atomic E-state index is 0.373. The van der Waals surface area contributed by atoms with E-state index in [1.807, 2.05) is 0 Å². The van der Waals surface area contributed by atoms with Crippen molar-refractivity contribution in [2.45, 2.75) is 26.7 Å². The van der Waals surface area contributed by atoms with Gasteiger partial charge in [-0.1, -0.05) is 13.8 Å². The monoisotopic (exact) mass is 246 g/mol. The smallest absolute Gasteiger partial charge is 0.314 e. The van der Waals surface area contributed by atoms with Crippen LogP contribution in [-0.2, 0) is 4.79 Å². The van der Waals surface area contributed by atoms with Crippen LogP contribution < -0.4 is 4.74 Å². The molecule has 0 amide bonds. The number of rotatable bonds is 4. The van der Waals surface area contributed by atoms with Crippen molar-refractivity contribution in [2.24, 2.45) is 5.92 Å². The number of hydrogen-bond acceptors (Lipinski definition) is 2. The normalized spacial score (nSPS) is 10.7. The predicted octanol–water partition coefficient (Wildman–Crippen LogP) is 3.45. The highest BCUT2D eigenvalue weighted by Crippen LogP contribution is 2.23. The lowest BCUT2D eigenvalue weighted by Gasteiger charge is -2.12. The van der Waals surface area contributed by atoms with E-state index >= 15 is 0 Å². The van der Waals surface area contributed by atoms with E-state index in [0.29, 0.717) is 18.9 Å². The van der Waals surface area contributed by atoms with Crippen LogP contribution in [0.2, 0.25) is 0 Å². The summed E-state index contributed by atoms with van der Waals surface area (Å²) in [5.41, 5.74) is 0. The zero-order valence-electron chi connectivity index (χ0n) is 9.60. The van der Waals surface area contributed by atoms with Crippen LogP contribution in [-0.4, -0.2) is 5.97 Å². The van der Waals surface area contributed by atoms with Crippen LogP contribution in [0, 0.1) is 23.4 Å². The summed E-state index contributed by atoms with van der Waals surface area (Å²) in [7, 11) is 0. The molecule has 94 valence electrons. The molecule has 0 unspecified atom stereocenters. The van der Waals surface area contributed by atoms with Crippen LogP contribution in [0.25, 0.3) is 0 Å². The van der Waals surface area contributed by atoms with Crippen molar-refractivity contribution in [3.8, 4) is 5.75 Å². The number of halogens is 3. The van der Waals surface area contributed by atoms with Gasteiger partial charge in [-0.25, -0.2) is 8.78 Å². The summed E-state index contributed by atoms with van der Waals surface area (Å²) in [6.45, 7) is 3.58. The van der Waals surface area contributed by atoms with Gasteiger partial charge in [0.1, 0.15) is 0 Å². The summed E-state index contributed by atoms with van der Waals surface area (Å²) in [6, 6.07) is 1.61. The standard InChI is InChI=1S/C12H13F3O2/c1-3-7(4-2)12(16)17-9-6-5-8(13)10(14)11(9)15/h5-7H,3-4H2,1-2H3. The van der Waals surface area contributed by atoms with Gasteiger partial charge in [-0.2, -0.15) is 4.39 Å². The van der Waals surface area contributed by atoms with E-state index in [1.54, 1.807) is 13.8 Å². The van der Waals surface area contributed by atoms with Gasteiger partial charge in [0.2, 0.25) is 5.82 Å². The Morgan fingerprint density at radius 3 is 2.29 bits per heavy atom. The zero-order chi connectivity index (χ0) is 13.0. The van der Waals surface area contributed by atoms with E-state index in [-0.39, 0.29) is 5.92 Å². The van der Waals surface area contributed by atoms with Gasteiger partial charge < -0.3 is 4.74 Å². The summed E-state index contributed by atoms with van der Waals surface area (Å²) in [5.74, 6) is -6.03. The van der Waals surface area contributed by atoms with Crippen molar-refractivity contribution in [3.05, 3.63) is 29.6 Å². The summed E-state index contributed by atoms with van der Waals surface area (Å²) >= 11 is 0. The first-order chi connectivity index (χ1) is 8.01. The summed E-state index contributed by atoms with van der Waals surface area (Å²) in [5, 5.41) is 0. The molecule has 1 rings (SSSR count). The Kier molecular flexibility index (Phi) is 4.54. The number of ether oxygens (including phenoxy) is 1. The molecule has 0 saturated carbocycles. The molecule has 0 aliphatic rings. The molecular formula is C12H13F3O2. The largest absolute Gasteiger partial charge is 0.423 e. The van der Waals surface area contributed by atoms with Crippen LogP contribution in [0.3, 0.4) is 0 Å². The Balaban J connectivity index is 2.89. The Bertz CT molecular complexity index is 414. The van der Waals surface area contributed by atoms with Crippen molar-refractivity contribution >= 4 is 5.97 Å². The lowest BCUT2D eigenvalue weighted by atomic mass is 10.0. The molecule has 1 aromatic rings. The molecule has 0 radical (unpaired) electrons. The summed E-state index contributed by atoms with van der Waals surface area (Å²) < 4.78 is 43.4. The first kappa shape index (κ1) is 13.5. The number of carbonyl (C=O) groups excluding carboxylic acids is 1. The van der Waals surface area contributed by atoms with Crippen LogP contribution >= 0.6 is 0 Å². The van der Waals surface area contributed by atoms with E-state index in [0.717, 1.165) is 6.07 Å². The molecule has 0 aliphatic heterocycles. The third-order valence-corrected chi connectivity index (χ3v) is 2.53. The predicted molar refractivity (Wildman–Crippen MR) is 56.0 cm³/mol. The maximum absolute atomic E-state index is 13.2. The molecule has 0 atom stereocenters. The summed E-state index contributed by atoms with van der Waals surface area (Å²) in [4.78, 5) is 11.5. The highest BCUT2D eigenvalue weighted by atomic mass is 19.2. The fourth-order valence-corrected chi connectivity index (χ4v) is 1.40. The second-order valence-corrected chi connectivity index (χ2v) is 3.61. The molecule has 0 aromatic heterocycles. The lowest BCUT2D eigenvalue weighted by molar-refractivity contribution is -0.139. The molecule has 0 aliphatic carbocycles. The van der Waals surface area contributed by atoms with Crippen LogP contribution in [0.1, 0.15) is 26.7 Å². The molecule has 2 nitrogen and oxygen atoms in total. The third-order valence-electron chi connectivity index (χ3n) is 2.53. The second kappa shape index (κ2) is 5.70. The van der Waals surface area contributed by atoms with Gasteiger partial charge in [0.05, 0.1) is 5.92 Å². The summed E-state index contributed by atoms with van der Waals surface area (Å²) in [6.07, 6.45) is 1.08. The molecular weight excluding hydrogens is 233 g/mol. The molecule has 0 heterocycles. The maximum atomic E-state index is 13.2. The van der Waals surface area contributed by atoms with E-state index < -0.39 is 29.2 Å². The Hall–Kier alpha value is -1.52. The number of esters is 1. The van der Waals surface area contributed by atoms with Gasteiger partial charge in [0.25, 0.3) is 0 Å². The quantitative estimate of drug-likeness (QED) is 0.462. The Labute approximate surface area is 97.4 Å². The van der Waals surface area contributed by atoms with Crippen LogP contribution in [0.5, 0.6) is 5.75 Å². The molecule has 0 saturated heterocycles. The first-order valence-corrected chi connectivity index (χ1v) is 5.36. The van der Waals surface area contributed by atoms with Gasteiger partial charge in [0.15, 0.2) is 17.4 Å². The minimum Gasteiger partial charge on any atom is -0.423 e. The number of benzene rings is 1. The molecule has 5 heteroatoms. The number of carbonyl (C=O) groups is 1. The van der Waals surface area contributed by atoms with Gasteiger partial charge in [-0.05, 0) is 25.0 Å². The van der Waals surface area contributed by atoms with Crippen molar-refractivity contribution in [1.82, 2.24) is 0 Å². The highest BCUT2D eigenvalue weighted by Gasteiger charge is 2.21. The second-order valence-electron chi connectivity index (χ2n) is 3.61. The average molecular weight is 246 g/mol. The van der Waals surface area contributed by atoms with E-state index in [9.17, 15) is 18.0 Å². The maximum Gasteiger partial charge on any atom is 0.314 e. The van der Waals surface area contributed by atoms with Gasteiger partial charge in [0, 0.05) is 0 Å². The van der Waals surface area contributed by atoms with Gasteiger partial charge in [-0.3, -0.25) is 4.79 Å². The molecule has 17 heavy (non-hydrogen) atoms. The highest BCUT2D eigenvalue weighted by molar-refractivity contribution is 5.75. The Morgan fingerprint density at radius 1 is 1.18 bits per heavy atom.